The average molecular weight is 424 g/mol. The Kier molecular flexibility index (Phi) is 13.6. The predicted molar refractivity (Wildman–Crippen MR) is 123 cm³/mol. The molecule has 1 aromatic carbocycles. The lowest BCUT2D eigenvalue weighted by Crippen LogP contribution is -2.44. The van der Waals surface area contributed by atoms with Gasteiger partial charge in [-0.3, -0.25) is 10.1 Å². The summed E-state index contributed by atoms with van der Waals surface area (Å²) in [6.45, 7) is 7.16. The first-order chi connectivity index (χ1) is 14.1. The zero-order valence-corrected chi connectivity index (χ0v) is 19.8. The van der Waals surface area contributed by atoms with Crippen molar-refractivity contribution >= 4 is 14.2 Å². The van der Waals surface area contributed by atoms with Crippen molar-refractivity contribution < 1.29 is 13.8 Å². The van der Waals surface area contributed by atoms with Crippen LogP contribution >= 0.6 is 0 Å². The van der Waals surface area contributed by atoms with Crippen molar-refractivity contribution in [1.82, 2.24) is 0 Å². The second-order valence-electron chi connectivity index (χ2n) is 7.86. The third-order valence-corrected chi connectivity index (χ3v) is 9.02. The van der Waals surface area contributed by atoms with Crippen LogP contribution in [0.3, 0.4) is 0 Å². The van der Waals surface area contributed by atoms with Gasteiger partial charge in [0.05, 0.1) is 11.0 Å². The molecule has 5 nitrogen and oxygen atoms in total. The fraction of sp³-hybridized carbons (Fsp3) is 0.739. The summed E-state index contributed by atoms with van der Waals surface area (Å²) in [7, 11) is -2.36. The Bertz CT molecular complexity index is 564. The number of hydrogen-bond donors (Lipinski definition) is 0. The van der Waals surface area contributed by atoms with Gasteiger partial charge >= 0.3 is 8.56 Å². The Labute approximate surface area is 178 Å². The van der Waals surface area contributed by atoms with Gasteiger partial charge in [0, 0.05) is 12.7 Å². The molecule has 6 heteroatoms. The molecule has 0 bridgehead atoms. The van der Waals surface area contributed by atoms with Crippen LogP contribution in [0.25, 0.3) is 0 Å². The van der Waals surface area contributed by atoms with Crippen LogP contribution in [0, 0.1) is 10.1 Å². The standard InChI is InChI=1S/C23H41NO4Si/c1-4-7-8-9-10-11-12-13-14-15-16-20-27-29(5-2,6-3)28-23-19-17-18-22(21-23)24(25)26/h17-19,21H,4-16,20H2,1-3H3. The molecule has 0 N–H and O–H groups in total. The number of unbranched alkanes of at least 4 members (excludes halogenated alkanes) is 10. The van der Waals surface area contributed by atoms with Crippen molar-refractivity contribution in [3.05, 3.63) is 34.4 Å². The Morgan fingerprint density at radius 3 is 1.93 bits per heavy atom. The van der Waals surface area contributed by atoms with Gasteiger partial charge in [-0.25, -0.2) is 0 Å². The molecule has 0 radical (unpaired) electrons. The van der Waals surface area contributed by atoms with Gasteiger partial charge in [0.15, 0.2) is 0 Å². The average Bonchev–Trinajstić information content (AvgIpc) is 2.74. The Morgan fingerprint density at radius 1 is 0.862 bits per heavy atom. The molecule has 29 heavy (non-hydrogen) atoms. The molecule has 0 saturated carbocycles. The number of non-ortho nitro benzene ring substituents is 1. The van der Waals surface area contributed by atoms with Gasteiger partial charge < -0.3 is 8.85 Å². The van der Waals surface area contributed by atoms with Crippen LogP contribution in [0.1, 0.15) is 91.4 Å². The van der Waals surface area contributed by atoms with Crippen LogP contribution in [0.5, 0.6) is 5.75 Å². The normalized spacial score (nSPS) is 11.6. The van der Waals surface area contributed by atoms with Gasteiger partial charge in [0.1, 0.15) is 5.75 Å². The highest BCUT2D eigenvalue weighted by Gasteiger charge is 2.36. The molecule has 0 unspecified atom stereocenters. The zero-order valence-electron chi connectivity index (χ0n) is 18.8. The molecule has 0 aliphatic carbocycles. The Hall–Kier alpha value is -1.40. The van der Waals surface area contributed by atoms with Crippen LogP contribution in [0.4, 0.5) is 5.69 Å². The molecular formula is C23H41NO4Si. The maximum atomic E-state index is 11.0. The number of nitro groups is 1. The highest BCUT2D eigenvalue weighted by Crippen LogP contribution is 2.26. The third-order valence-electron chi connectivity index (χ3n) is 5.52. The van der Waals surface area contributed by atoms with E-state index in [0.717, 1.165) is 25.1 Å². The van der Waals surface area contributed by atoms with Crippen molar-refractivity contribution in [3.63, 3.8) is 0 Å². The summed E-state index contributed by atoms with van der Waals surface area (Å²) in [4.78, 5) is 10.6. The third kappa shape index (κ3) is 10.8. The van der Waals surface area contributed by atoms with Crippen molar-refractivity contribution in [3.8, 4) is 5.75 Å². The molecule has 0 aliphatic rings. The van der Waals surface area contributed by atoms with Crippen LogP contribution in [-0.2, 0) is 4.43 Å². The SMILES string of the molecule is CCCCCCCCCCCCCO[Si](CC)(CC)Oc1cccc([N+](=O)[O-])c1. The lowest BCUT2D eigenvalue weighted by Gasteiger charge is -2.29. The van der Waals surface area contributed by atoms with E-state index in [1.54, 1.807) is 12.1 Å². The Balaban J connectivity index is 2.25. The predicted octanol–water partition coefficient (Wildman–Crippen LogP) is 7.78. The van der Waals surface area contributed by atoms with E-state index in [9.17, 15) is 10.1 Å². The molecule has 1 rings (SSSR count). The second kappa shape index (κ2) is 15.4. The molecule has 0 heterocycles. The zero-order chi connectivity index (χ0) is 21.4. The van der Waals surface area contributed by atoms with Crippen LogP contribution < -0.4 is 4.43 Å². The molecular weight excluding hydrogens is 382 g/mol. The van der Waals surface area contributed by atoms with Gasteiger partial charge in [0.2, 0.25) is 0 Å². The van der Waals surface area contributed by atoms with E-state index in [1.807, 2.05) is 0 Å². The van der Waals surface area contributed by atoms with E-state index in [0.29, 0.717) is 5.75 Å². The van der Waals surface area contributed by atoms with E-state index < -0.39 is 8.56 Å². The fourth-order valence-corrected chi connectivity index (χ4v) is 5.86. The van der Waals surface area contributed by atoms with Gasteiger partial charge in [-0.1, -0.05) is 91.0 Å². The second-order valence-corrected chi connectivity index (χ2v) is 11.6. The summed E-state index contributed by atoms with van der Waals surface area (Å²) in [6.07, 6.45) is 14.5. The molecule has 0 spiro atoms. The smallest absolute Gasteiger partial charge is 0.398 e. The summed E-state index contributed by atoms with van der Waals surface area (Å²) in [5, 5.41) is 11.0. The van der Waals surface area contributed by atoms with Gasteiger partial charge in [-0.15, -0.1) is 0 Å². The first-order valence-electron chi connectivity index (χ1n) is 11.6. The number of benzene rings is 1. The molecule has 0 amide bonds. The maximum Gasteiger partial charge on any atom is 0.398 e. The van der Waals surface area contributed by atoms with Crippen molar-refractivity contribution in [2.24, 2.45) is 0 Å². The lowest BCUT2D eigenvalue weighted by molar-refractivity contribution is -0.384. The molecule has 166 valence electrons. The number of rotatable bonds is 18. The summed E-state index contributed by atoms with van der Waals surface area (Å²) in [6, 6.07) is 8.11. The lowest BCUT2D eigenvalue weighted by atomic mass is 10.1. The Morgan fingerprint density at radius 2 is 1.41 bits per heavy atom. The van der Waals surface area contributed by atoms with Gasteiger partial charge in [-0.05, 0) is 24.6 Å². The number of nitro benzene ring substituents is 1. The molecule has 0 aromatic heterocycles. The van der Waals surface area contributed by atoms with Crippen LogP contribution in [0.2, 0.25) is 12.1 Å². The first kappa shape index (κ1) is 25.6. The molecule has 0 saturated heterocycles. The minimum absolute atomic E-state index is 0.0583. The molecule has 0 aliphatic heterocycles. The highest BCUT2D eigenvalue weighted by atomic mass is 28.4. The quantitative estimate of drug-likeness (QED) is 0.105. The van der Waals surface area contributed by atoms with Gasteiger partial charge in [0.25, 0.3) is 5.69 Å². The minimum Gasteiger partial charge on any atom is -0.520 e. The summed E-state index contributed by atoms with van der Waals surface area (Å²) >= 11 is 0. The van der Waals surface area contributed by atoms with Crippen LogP contribution in [0.15, 0.2) is 24.3 Å². The van der Waals surface area contributed by atoms with Crippen molar-refractivity contribution in [2.45, 2.75) is 103 Å². The van der Waals surface area contributed by atoms with E-state index >= 15 is 0 Å². The summed E-state index contributed by atoms with van der Waals surface area (Å²) in [5.74, 6) is 0.550. The topological polar surface area (TPSA) is 61.6 Å². The monoisotopic (exact) mass is 423 g/mol. The number of nitrogens with zero attached hydrogens (tertiary/aromatic N) is 1. The minimum atomic E-state index is -2.36. The number of hydrogen-bond acceptors (Lipinski definition) is 4. The molecule has 0 fully saturated rings. The van der Waals surface area contributed by atoms with Gasteiger partial charge in [-0.2, -0.15) is 0 Å². The molecule has 0 atom stereocenters. The maximum absolute atomic E-state index is 11.0. The summed E-state index contributed by atoms with van der Waals surface area (Å²) in [5.41, 5.74) is 0.0583. The van der Waals surface area contributed by atoms with E-state index in [-0.39, 0.29) is 10.6 Å². The highest BCUT2D eigenvalue weighted by molar-refractivity contribution is 6.68. The van der Waals surface area contributed by atoms with E-state index in [2.05, 4.69) is 20.8 Å². The van der Waals surface area contributed by atoms with E-state index in [4.69, 9.17) is 8.85 Å². The summed E-state index contributed by atoms with van der Waals surface area (Å²) < 4.78 is 12.5. The molecule has 1 aromatic rings. The largest absolute Gasteiger partial charge is 0.520 e. The van der Waals surface area contributed by atoms with Crippen molar-refractivity contribution in [1.29, 1.82) is 0 Å². The first-order valence-corrected chi connectivity index (χ1v) is 13.9. The van der Waals surface area contributed by atoms with Crippen molar-refractivity contribution in [2.75, 3.05) is 6.61 Å². The van der Waals surface area contributed by atoms with E-state index in [1.165, 1.54) is 76.3 Å². The fourth-order valence-electron chi connectivity index (χ4n) is 3.53. The van der Waals surface area contributed by atoms with Crippen LogP contribution in [-0.4, -0.2) is 20.1 Å².